The van der Waals surface area contributed by atoms with Gasteiger partial charge in [-0.2, -0.15) is 0 Å². The van der Waals surface area contributed by atoms with Crippen molar-refractivity contribution in [3.05, 3.63) is 34.9 Å². The Hall–Kier alpha value is -1.77. The average Bonchev–Trinajstić information content (AvgIpc) is 2.27. The molecule has 0 bridgehead atoms. The number of rotatable bonds is 5. The van der Waals surface area contributed by atoms with E-state index in [-0.39, 0.29) is 0 Å². The molecule has 0 aliphatic carbocycles. The second-order valence-corrected chi connectivity index (χ2v) is 4.32. The van der Waals surface area contributed by atoms with Crippen molar-refractivity contribution in [3.63, 3.8) is 0 Å². The SMILES string of the molecule is C=C(C)COc1cc(C)c(NC=O)c(C)c1C. The second-order valence-electron chi connectivity index (χ2n) is 4.32. The first-order valence-electron chi connectivity index (χ1n) is 5.55. The highest BCUT2D eigenvalue weighted by Gasteiger charge is 2.10. The van der Waals surface area contributed by atoms with Crippen LogP contribution < -0.4 is 10.1 Å². The Labute approximate surface area is 102 Å². The molecule has 0 radical (unpaired) electrons. The molecule has 3 heteroatoms. The molecule has 0 atom stereocenters. The average molecular weight is 233 g/mol. The summed E-state index contributed by atoms with van der Waals surface area (Å²) in [5, 5.41) is 2.72. The van der Waals surface area contributed by atoms with Crippen LogP contribution in [0.15, 0.2) is 18.2 Å². The van der Waals surface area contributed by atoms with Crippen LogP contribution in [0.3, 0.4) is 0 Å². The van der Waals surface area contributed by atoms with Gasteiger partial charge in [-0.15, -0.1) is 0 Å². The first-order valence-corrected chi connectivity index (χ1v) is 5.55. The molecule has 92 valence electrons. The molecule has 1 aromatic carbocycles. The van der Waals surface area contributed by atoms with Gasteiger partial charge in [0.25, 0.3) is 0 Å². The molecule has 0 spiro atoms. The molecule has 0 unspecified atom stereocenters. The van der Waals surface area contributed by atoms with E-state index < -0.39 is 0 Å². The molecule has 0 heterocycles. The van der Waals surface area contributed by atoms with Gasteiger partial charge in [0.2, 0.25) is 6.41 Å². The largest absolute Gasteiger partial charge is 0.489 e. The molecular formula is C14H19NO2. The van der Waals surface area contributed by atoms with Crippen LogP contribution in [0.5, 0.6) is 5.75 Å². The molecule has 0 saturated heterocycles. The lowest BCUT2D eigenvalue weighted by Crippen LogP contribution is -2.05. The van der Waals surface area contributed by atoms with Gasteiger partial charge in [-0.3, -0.25) is 4.79 Å². The molecule has 0 aliphatic rings. The fraction of sp³-hybridized carbons (Fsp3) is 0.357. The van der Waals surface area contributed by atoms with Crippen LogP contribution in [-0.4, -0.2) is 13.0 Å². The first-order chi connectivity index (χ1) is 7.97. The molecular weight excluding hydrogens is 214 g/mol. The molecule has 1 N–H and O–H groups in total. The predicted octanol–water partition coefficient (Wildman–Crippen LogP) is 3.14. The van der Waals surface area contributed by atoms with Crippen molar-refractivity contribution < 1.29 is 9.53 Å². The molecule has 3 nitrogen and oxygen atoms in total. The van der Waals surface area contributed by atoms with E-state index in [0.717, 1.165) is 33.7 Å². The molecule has 1 amide bonds. The van der Waals surface area contributed by atoms with E-state index in [4.69, 9.17) is 4.74 Å². The summed E-state index contributed by atoms with van der Waals surface area (Å²) in [4.78, 5) is 10.5. The third kappa shape index (κ3) is 3.09. The zero-order valence-electron chi connectivity index (χ0n) is 10.9. The summed E-state index contributed by atoms with van der Waals surface area (Å²) in [6.45, 7) is 12.2. The lowest BCUT2D eigenvalue weighted by molar-refractivity contribution is -0.105. The quantitative estimate of drug-likeness (QED) is 0.626. The van der Waals surface area contributed by atoms with Gasteiger partial charge < -0.3 is 10.1 Å². The minimum atomic E-state index is 0.514. The summed E-state index contributed by atoms with van der Waals surface area (Å²) in [6, 6.07) is 1.94. The Kier molecular flexibility index (Phi) is 4.32. The van der Waals surface area contributed by atoms with Gasteiger partial charge in [0.1, 0.15) is 12.4 Å². The maximum atomic E-state index is 10.5. The number of ether oxygens (including phenoxy) is 1. The third-order valence-corrected chi connectivity index (χ3v) is 2.73. The number of nitrogens with one attached hydrogen (secondary N) is 1. The summed E-state index contributed by atoms with van der Waals surface area (Å²) >= 11 is 0. The van der Waals surface area contributed by atoms with Gasteiger partial charge in [-0.05, 0) is 56.0 Å². The Morgan fingerprint density at radius 1 is 1.41 bits per heavy atom. The number of hydrogen-bond donors (Lipinski definition) is 1. The van der Waals surface area contributed by atoms with Crippen LogP contribution in [0, 0.1) is 20.8 Å². The van der Waals surface area contributed by atoms with Crippen molar-refractivity contribution in [1.82, 2.24) is 0 Å². The molecule has 1 aromatic rings. The van der Waals surface area contributed by atoms with Gasteiger partial charge >= 0.3 is 0 Å². The van der Waals surface area contributed by atoms with E-state index >= 15 is 0 Å². The van der Waals surface area contributed by atoms with E-state index in [1.54, 1.807) is 0 Å². The first kappa shape index (κ1) is 13.3. The van der Waals surface area contributed by atoms with E-state index in [0.29, 0.717) is 13.0 Å². The van der Waals surface area contributed by atoms with E-state index in [2.05, 4.69) is 11.9 Å². The molecule has 0 fully saturated rings. The zero-order valence-corrected chi connectivity index (χ0v) is 10.9. The van der Waals surface area contributed by atoms with Crippen molar-refractivity contribution in [1.29, 1.82) is 0 Å². The van der Waals surface area contributed by atoms with Crippen LogP contribution in [0.2, 0.25) is 0 Å². The van der Waals surface area contributed by atoms with Gasteiger partial charge in [-0.25, -0.2) is 0 Å². The highest BCUT2D eigenvalue weighted by atomic mass is 16.5. The highest BCUT2D eigenvalue weighted by molar-refractivity contribution is 5.77. The Bertz CT molecular complexity index is 450. The van der Waals surface area contributed by atoms with E-state index in [9.17, 15) is 4.79 Å². The number of anilines is 1. The number of carbonyl (C=O) groups is 1. The minimum absolute atomic E-state index is 0.514. The van der Waals surface area contributed by atoms with Gasteiger partial charge in [0.05, 0.1) is 0 Å². The lowest BCUT2D eigenvalue weighted by atomic mass is 10.0. The molecule has 1 rings (SSSR count). The smallest absolute Gasteiger partial charge is 0.211 e. The van der Waals surface area contributed by atoms with Gasteiger partial charge in [0, 0.05) is 5.69 Å². The Balaban J connectivity index is 3.10. The van der Waals surface area contributed by atoms with Crippen LogP contribution in [0.1, 0.15) is 23.6 Å². The zero-order chi connectivity index (χ0) is 13.0. The third-order valence-electron chi connectivity index (χ3n) is 2.73. The number of benzene rings is 1. The Morgan fingerprint density at radius 3 is 2.59 bits per heavy atom. The van der Waals surface area contributed by atoms with Crippen molar-refractivity contribution in [2.45, 2.75) is 27.7 Å². The summed E-state index contributed by atoms with van der Waals surface area (Å²) in [5.74, 6) is 0.847. The van der Waals surface area contributed by atoms with Crippen molar-refractivity contribution in [3.8, 4) is 5.75 Å². The minimum Gasteiger partial charge on any atom is -0.489 e. The van der Waals surface area contributed by atoms with Crippen molar-refractivity contribution >= 4 is 12.1 Å². The summed E-state index contributed by atoms with van der Waals surface area (Å²) < 4.78 is 5.68. The molecule has 0 aromatic heterocycles. The molecule has 17 heavy (non-hydrogen) atoms. The second kappa shape index (κ2) is 5.53. The summed E-state index contributed by atoms with van der Waals surface area (Å²) in [7, 11) is 0. The van der Waals surface area contributed by atoms with Crippen LogP contribution in [0.25, 0.3) is 0 Å². The fourth-order valence-corrected chi connectivity index (χ4v) is 1.68. The molecule has 0 aliphatic heterocycles. The van der Waals surface area contributed by atoms with Gasteiger partial charge in [-0.1, -0.05) is 6.58 Å². The topological polar surface area (TPSA) is 38.3 Å². The number of aryl methyl sites for hydroxylation is 1. The van der Waals surface area contributed by atoms with Crippen molar-refractivity contribution in [2.75, 3.05) is 11.9 Å². The van der Waals surface area contributed by atoms with Crippen LogP contribution in [-0.2, 0) is 4.79 Å². The van der Waals surface area contributed by atoms with Crippen molar-refractivity contribution in [2.24, 2.45) is 0 Å². The standard InChI is InChI=1S/C14H19NO2/c1-9(2)7-17-13-6-10(3)14(15-8-16)12(5)11(13)4/h6,8H,1,7H2,2-5H3,(H,15,16). The molecule has 0 saturated carbocycles. The Morgan fingerprint density at radius 2 is 2.06 bits per heavy atom. The summed E-state index contributed by atoms with van der Waals surface area (Å²) in [5.41, 5.74) is 4.92. The highest BCUT2D eigenvalue weighted by Crippen LogP contribution is 2.31. The van der Waals surface area contributed by atoms with E-state index in [1.165, 1.54) is 0 Å². The van der Waals surface area contributed by atoms with E-state index in [1.807, 2.05) is 33.8 Å². The number of amides is 1. The lowest BCUT2D eigenvalue weighted by Gasteiger charge is -2.16. The van der Waals surface area contributed by atoms with Gasteiger partial charge in [0.15, 0.2) is 0 Å². The number of hydrogen-bond acceptors (Lipinski definition) is 2. The van der Waals surface area contributed by atoms with Crippen LogP contribution >= 0.6 is 0 Å². The normalized spacial score (nSPS) is 9.88. The maximum absolute atomic E-state index is 10.5. The van der Waals surface area contributed by atoms with Crippen LogP contribution in [0.4, 0.5) is 5.69 Å². The summed E-state index contributed by atoms with van der Waals surface area (Å²) in [6.07, 6.45) is 0.698. The monoisotopic (exact) mass is 233 g/mol. The predicted molar refractivity (Wildman–Crippen MR) is 70.6 cm³/mol. The number of carbonyl (C=O) groups excluding carboxylic acids is 1. The maximum Gasteiger partial charge on any atom is 0.211 e. The fourth-order valence-electron chi connectivity index (χ4n) is 1.68.